The van der Waals surface area contributed by atoms with Crippen LogP contribution in [0.3, 0.4) is 0 Å². The number of para-hydroxylation sites is 2. The van der Waals surface area contributed by atoms with Crippen molar-refractivity contribution in [2.45, 2.75) is 19.3 Å². The molecular weight excluding hydrogens is 644 g/mol. The van der Waals surface area contributed by atoms with Gasteiger partial charge in [0.15, 0.2) is 0 Å². The lowest BCUT2D eigenvalue weighted by molar-refractivity contribution is -0.117. The van der Waals surface area contributed by atoms with Crippen LogP contribution in [0.1, 0.15) is 28.1 Å². The Bertz CT molecular complexity index is 2110. The van der Waals surface area contributed by atoms with E-state index >= 15 is 0 Å². The van der Waals surface area contributed by atoms with Crippen molar-refractivity contribution in [1.29, 1.82) is 0 Å². The number of carbonyl (C=O) groups excluding carboxylic acids is 1. The Hall–Kier alpha value is -6.49. The van der Waals surface area contributed by atoms with Crippen LogP contribution >= 0.6 is 0 Å². The number of carbonyl (C=O) groups is 1. The van der Waals surface area contributed by atoms with E-state index in [1.807, 2.05) is 97.1 Å². The highest BCUT2D eigenvalue weighted by Crippen LogP contribution is 2.30. The smallest absolute Gasteiger partial charge is 0.221 e. The molecule has 0 aliphatic heterocycles. The summed E-state index contributed by atoms with van der Waals surface area (Å²) < 4.78 is 21.3. The van der Waals surface area contributed by atoms with Gasteiger partial charge in [0, 0.05) is 40.9 Å². The van der Waals surface area contributed by atoms with E-state index < -0.39 is 5.91 Å². The maximum atomic E-state index is 11.3. The van der Waals surface area contributed by atoms with Crippen molar-refractivity contribution in [2.75, 3.05) is 34.2 Å². The van der Waals surface area contributed by atoms with E-state index in [0.717, 1.165) is 62.1 Å². The van der Waals surface area contributed by atoms with Crippen LogP contribution in [0.15, 0.2) is 110 Å². The first kappa shape index (κ1) is 35.8. The Morgan fingerprint density at radius 3 is 1.51 bits per heavy atom. The van der Waals surface area contributed by atoms with Crippen LogP contribution in [0, 0.1) is 0 Å². The third-order valence-electron chi connectivity index (χ3n) is 7.99. The topological polar surface area (TPSA) is 158 Å². The number of aromatic nitrogens is 4. The van der Waals surface area contributed by atoms with E-state index in [1.165, 1.54) is 0 Å². The van der Waals surface area contributed by atoms with Gasteiger partial charge in [-0.15, -0.1) is 0 Å². The fourth-order valence-electron chi connectivity index (χ4n) is 5.58. The molecule has 2 aromatic heterocycles. The minimum Gasteiger partial charge on any atom is -0.496 e. The first-order chi connectivity index (χ1) is 24.8. The normalized spacial score (nSPS) is 10.4. The molecule has 11 nitrogen and oxygen atoms in total. The van der Waals surface area contributed by atoms with Crippen LogP contribution in [0.25, 0.3) is 22.5 Å². The molecule has 0 unspecified atom stereocenters. The van der Waals surface area contributed by atoms with Crippen molar-refractivity contribution < 1.29 is 23.7 Å². The third-order valence-corrected chi connectivity index (χ3v) is 7.99. The van der Waals surface area contributed by atoms with Crippen molar-refractivity contribution >= 4 is 11.6 Å². The van der Waals surface area contributed by atoms with Crippen LogP contribution < -0.4 is 30.4 Å². The van der Waals surface area contributed by atoms with E-state index in [2.05, 4.69) is 19.9 Å². The summed E-state index contributed by atoms with van der Waals surface area (Å²) in [5.74, 6) is 2.48. The molecule has 6 rings (SSSR count). The van der Waals surface area contributed by atoms with Gasteiger partial charge < -0.3 is 30.4 Å². The zero-order valence-corrected chi connectivity index (χ0v) is 29.0. The van der Waals surface area contributed by atoms with Crippen LogP contribution in [0.2, 0.25) is 0 Å². The Morgan fingerprint density at radius 1 is 0.569 bits per heavy atom. The quantitative estimate of drug-likeness (QED) is 0.144. The molecule has 2 heterocycles. The molecule has 0 saturated carbocycles. The predicted octanol–water partition coefficient (Wildman–Crippen LogP) is 6.11. The van der Waals surface area contributed by atoms with Gasteiger partial charge in [0.2, 0.25) is 5.91 Å². The highest BCUT2D eigenvalue weighted by molar-refractivity contribution is 5.77. The average molecular weight is 685 g/mol. The Labute approximate surface area is 297 Å². The second kappa shape index (κ2) is 17.3. The molecule has 260 valence electrons. The molecule has 0 spiro atoms. The van der Waals surface area contributed by atoms with E-state index in [0.29, 0.717) is 30.0 Å². The highest BCUT2D eigenvalue weighted by atomic mass is 16.5. The molecule has 0 bridgehead atoms. The fraction of sp³-hybridized carbons (Fsp3) is 0.175. The first-order valence-corrected chi connectivity index (χ1v) is 16.1. The maximum absolute atomic E-state index is 11.3. The number of nitrogen functional groups attached to an aromatic ring is 1. The summed E-state index contributed by atoms with van der Waals surface area (Å²) in [6.07, 6.45) is 4.52. The summed E-state index contributed by atoms with van der Waals surface area (Å²) in [5, 5.41) is 0. The lowest BCUT2D eigenvalue weighted by atomic mass is 10.0. The number of anilines is 1. The molecule has 0 radical (unpaired) electrons. The molecule has 0 aliphatic carbocycles. The third kappa shape index (κ3) is 9.36. The largest absolute Gasteiger partial charge is 0.496 e. The zero-order valence-electron chi connectivity index (χ0n) is 29.0. The van der Waals surface area contributed by atoms with Gasteiger partial charge in [-0.2, -0.15) is 0 Å². The van der Waals surface area contributed by atoms with Crippen molar-refractivity contribution in [1.82, 2.24) is 19.9 Å². The van der Waals surface area contributed by atoms with Gasteiger partial charge in [0.05, 0.1) is 51.9 Å². The molecule has 4 aromatic carbocycles. The van der Waals surface area contributed by atoms with E-state index in [-0.39, 0.29) is 6.42 Å². The summed E-state index contributed by atoms with van der Waals surface area (Å²) in [4.78, 5) is 28.8. The summed E-state index contributed by atoms with van der Waals surface area (Å²) in [6, 6.07) is 30.9. The molecule has 0 aliphatic rings. The second-order valence-electron chi connectivity index (χ2n) is 11.4. The van der Waals surface area contributed by atoms with Gasteiger partial charge in [-0.25, -0.2) is 19.9 Å². The standard InChI is InChI=1S/C21H21N3O3.C19H19N3O2/c1-26-19-8-7-14(9-15(19)11-21(22)25)10-16-12-18(24-13-23-16)17-5-3-4-6-20(17)27-2;1-23-18-6-4-3-5-15(18)17-11-14(21-12-22-17)9-13-7-8-19(24-2)16(20)10-13/h3-9,12-13H,10-11H2,1-2H3,(H2,22,25);3-8,10-12H,9,20H2,1-2H3. The van der Waals surface area contributed by atoms with Crippen LogP contribution in [-0.2, 0) is 24.1 Å². The summed E-state index contributed by atoms with van der Waals surface area (Å²) in [5.41, 5.74) is 20.0. The van der Waals surface area contributed by atoms with Crippen molar-refractivity contribution in [3.63, 3.8) is 0 Å². The molecule has 0 fully saturated rings. The van der Waals surface area contributed by atoms with Crippen LogP contribution in [-0.4, -0.2) is 54.3 Å². The maximum Gasteiger partial charge on any atom is 0.221 e. The summed E-state index contributed by atoms with van der Waals surface area (Å²) >= 11 is 0. The molecule has 4 N–H and O–H groups in total. The lowest BCUT2D eigenvalue weighted by Gasteiger charge is -2.11. The molecule has 1 amide bonds. The van der Waals surface area contributed by atoms with E-state index in [1.54, 1.807) is 41.1 Å². The van der Waals surface area contributed by atoms with Gasteiger partial charge in [0.25, 0.3) is 0 Å². The Morgan fingerprint density at radius 2 is 1.04 bits per heavy atom. The first-order valence-electron chi connectivity index (χ1n) is 16.1. The fourth-order valence-corrected chi connectivity index (χ4v) is 5.58. The number of amides is 1. The molecule has 0 saturated heterocycles. The number of methoxy groups -OCH3 is 4. The molecule has 11 heteroatoms. The summed E-state index contributed by atoms with van der Waals surface area (Å²) in [7, 11) is 6.47. The molecule has 51 heavy (non-hydrogen) atoms. The number of hydrogen-bond donors (Lipinski definition) is 2. The van der Waals surface area contributed by atoms with Gasteiger partial charge in [0.1, 0.15) is 35.7 Å². The number of ether oxygens (including phenoxy) is 4. The van der Waals surface area contributed by atoms with Gasteiger partial charge in [-0.1, -0.05) is 42.5 Å². The highest BCUT2D eigenvalue weighted by Gasteiger charge is 2.12. The average Bonchev–Trinajstić information content (AvgIpc) is 3.15. The van der Waals surface area contributed by atoms with Gasteiger partial charge >= 0.3 is 0 Å². The van der Waals surface area contributed by atoms with Crippen LogP contribution in [0.5, 0.6) is 23.0 Å². The summed E-state index contributed by atoms with van der Waals surface area (Å²) in [6.45, 7) is 0. The lowest BCUT2D eigenvalue weighted by Crippen LogP contribution is -2.14. The van der Waals surface area contributed by atoms with E-state index in [4.69, 9.17) is 30.4 Å². The van der Waals surface area contributed by atoms with Crippen molar-refractivity contribution in [2.24, 2.45) is 5.73 Å². The number of nitrogens with zero attached hydrogens (tertiary/aromatic N) is 4. The van der Waals surface area contributed by atoms with Crippen molar-refractivity contribution in [3.05, 3.63) is 138 Å². The zero-order chi connectivity index (χ0) is 36.2. The van der Waals surface area contributed by atoms with E-state index in [9.17, 15) is 4.79 Å². The second-order valence-corrected chi connectivity index (χ2v) is 11.4. The predicted molar refractivity (Wildman–Crippen MR) is 197 cm³/mol. The van der Waals surface area contributed by atoms with Gasteiger partial charge in [-0.3, -0.25) is 4.79 Å². The monoisotopic (exact) mass is 684 g/mol. The SMILES string of the molecule is COc1ccc(Cc2cc(-c3ccccc3OC)ncn2)cc1CC(N)=O.COc1ccc(Cc2cc(-c3ccccc3OC)ncn2)cc1N. The van der Waals surface area contributed by atoms with Gasteiger partial charge in [-0.05, 0) is 65.7 Å². The number of rotatable bonds is 12. The Kier molecular flexibility index (Phi) is 12.1. The van der Waals surface area contributed by atoms with Crippen LogP contribution in [0.4, 0.5) is 5.69 Å². The molecule has 0 atom stereocenters. The molecule has 6 aromatic rings. The Balaban J connectivity index is 0.000000199. The number of hydrogen-bond acceptors (Lipinski definition) is 10. The number of nitrogens with two attached hydrogens (primary N) is 2. The minimum absolute atomic E-state index is 0.132. The van der Waals surface area contributed by atoms with Crippen molar-refractivity contribution in [3.8, 4) is 45.5 Å². The minimum atomic E-state index is -0.397. The molecular formula is C40H40N6O5. The number of primary amides is 1. The number of benzene rings is 4.